The van der Waals surface area contributed by atoms with Crippen LogP contribution < -0.4 is 0 Å². The number of esters is 1. The van der Waals surface area contributed by atoms with E-state index in [-0.39, 0.29) is 17.8 Å². The molecule has 116 valence electrons. The molecule has 0 N–H and O–H groups in total. The smallest absolute Gasteiger partial charge is 0.310 e. The molecule has 0 aliphatic heterocycles. The Kier molecular flexibility index (Phi) is 7.63. The van der Waals surface area contributed by atoms with Gasteiger partial charge in [0.2, 0.25) is 5.91 Å². The number of hydrogen-bond donors (Lipinski definition) is 0. The molecule has 0 saturated heterocycles. The number of carbonyl (C=O) groups excluding carboxylic acids is 2. The summed E-state index contributed by atoms with van der Waals surface area (Å²) in [5.41, 5.74) is 0. The van der Waals surface area contributed by atoms with Gasteiger partial charge in [-0.2, -0.15) is 0 Å². The van der Waals surface area contributed by atoms with Crippen LogP contribution in [0.15, 0.2) is 0 Å². The highest BCUT2D eigenvalue weighted by atomic mass is 16.5. The summed E-state index contributed by atoms with van der Waals surface area (Å²) in [6.45, 7) is 4.89. The average Bonchev–Trinajstić information content (AvgIpc) is 2.50. The Morgan fingerprint density at radius 2 is 1.90 bits per heavy atom. The summed E-state index contributed by atoms with van der Waals surface area (Å²) < 4.78 is 4.72. The molecule has 1 atom stereocenters. The molecular formula is C16H29NO3. The first-order valence-corrected chi connectivity index (χ1v) is 7.94. The number of hydrogen-bond acceptors (Lipinski definition) is 3. The van der Waals surface area contributed by atoms with Crippen molar-refractivity contribution in [3.63, 3.8) is 0 Å². The summed E-state index contributed by atoms with van der Waals surface area (Å²) in [5.74, 6) is 0.403. The molecule has 1 fully saturated rings. The molecule has 1 unspecified atom stereocenters. The molecule has 1 amide bonds. The Labute approximate surface area is 122 Å². The minimum Gasteiger partial charge on any atom is -0.469 e. The van der Waals surface area contributed by atoms with Gasteiger partial charge in [-0.05, 0) is 19.3 Å². The van der Waals surface area contributed by atoms with E-state index >= 15 is 0 Å². The van der Waals surface area contributed by atoms with E-state index in [9.17, 15) is 9.59 Å². The predicted molar refractivity (Wildman–Crippen MR) is 79.2 cm³/mol. The zero-order valence-electron chi connectivity index (χ0n) is 13.2. The van der Waals surface area contributed by atoms with Crippen molar-refractivity contribution in [2.45, 2.75) is 58.8 Å². The van der Waals surface area contributed by atoms with E-state index in [0.29, 0.717) is 19.5 Å². The van der Waals surface area contributed by atoms with Crippen LogP contribution in [0.3, 0.4) is 0 Å². The largest absolute Gasteiger partial charge is 0.469 e. The van der Waals surface area contributed by atoms with Gasteiger partial charge in [0.1, 0.15) is 0 Å². The van der Waals surface area contributed by atoms with Gasteiger partial charge in [-0.15, -0.1) is 0 Å². The van der Waals surface area contributed by atoms with Crippen LogP contribution in [0.1, 0.15) is 58.8 Å². The van der Waals surface area contributed by atoms with Crippen LogP contribution in [0.5, 0.6) is 0 Å². The summed E-state index contributed by atoms with van der Waals surface area (Å²) in [4.78, 5) is 25.5. The van der Waals surface area contributed by atoms with Gasteiger partial charge in [0.25, 0.3) is 0 Å². The van der Waals surface area contributed by atoms with Gasteiger partial charge in [0, 0.05) is 19.5 Å². The fourth-order valence-corrected chi connectivity index (χ4v) is 2.98. The molecule has 4 heteroatoms. The van der Waals surface area contributed by atoms with Gasteiger partial charge in [-0.3, -0.25) is 9.59 Å². The summed E-state index contributed by atoms with van der Waals surface area (Å²) in [6.07, 6.45) is 8.15. The van der Waals surface area contributed by atoms with E-state index in [2.05, 4.69) is 0 Å². The number of carbonyl (C=O) groups is 2. The van der Waals surface area contributed by atoms with E-state index in [4.69, 9.17) is 4.74 Å². The van der Waals surface area contributed by atoms with E-state index in [1.165, 1.54) is 39.2 Å². The summed E-state index contributed by atoms with van der Waals surface area (Å²) in [5, 5.41) is 0. The van der Waals surface area contributed by atoms with Crippen LogP contribution in [-0.4, -0.2) is 37.0 Å². The lowest BCUT2D eigenvalue weighted by atomic mass is 9.86. The zero-order chi connectivity index (χ0) is 15.0. The van der Waals surface area contributed by atoms with Gasteiger partial charge in [-0.25, -0.2) is 0 Å². The summed E-state index contributed by atoms with van der Waals surface area (Å²) in [7, 11) is 1.39. The second-order valence-corrected chi connectivity index (χ2v) is 5.90. The molecule has 1 aliphatic rings. The maximum atomic E-state index is 12.2. The van der Waals surface area contributed by atoms with Crippen LogP contribution in [0.4, 0.5) is 0 Å². The van der Waals surface area contributed by atoms with Gasteiger partial charge in [0.05, 0.1) is 13.0 Å². The number of rotatable bonds is 7. The number of nitrogens with zero attached hydrogens (tertiary/aromatic N) is 1. The molecule has 0 aromatic rings. The van der Waals surface area contributed by atoms with E-state index in [0.717, 1.165) is 12.3 Å². The maximum absolute atomic E-state index is 12.2. The summed E-state index contributed by atoms with van der Waals surface area (Å²) in [6, 6.07) is 0. The Balaban J connectivity index is 2.35. The monoisotopic (exact) mass is 283 g/mol. The second kappa shape index (κ2) is 8.98. The van der Waals surface area contributed by atoms with Crippen molar-refractivity contribution < 1.29 is 14.3 Å². The average molecular weight is 283 g/mol. The lowest BCUT2D eigenvalue weighted by Crippen LogP contribution is -2.37. The lowest BCUT2D eigenvalue weighted by molar-refractivity contribution is -0.146. The fourth-order valence-electron chi connectivity index (χ4n) is 2.98. The van der Waals surface area contributed by atoms with Gasteiger partial charge >= 0.3 is 5.97 Å². The third kappa shape index (κ3) is 5.51. The van der Waals surface area contributed by atoms with Crippen LogP contribution >= 0.6 is 0 Å². The third-order valence-corrected chi connectivity index (χ3v) is 4.32. The molecule has 0 radical (unpaired) electrons. The standard InChI is InChI=1S/C16H29NO3/c1-4-17(12-13(2)16(19)20-3)15(18)11-10-14-8-6-5-7-9-14/h13-14H,4-12H2,1-3H3. The van der Waals surface area contributed by atoms with Crippen LogP contribution in [0.2, 0.25) is 0 Å². The summed E-state index contributed by atoms with van der Waals surface area (Å²) >= 11 is 0. The Hall–Kier alpha value is -1.06. The number of ether oxygens (including phenoxy) is 1. The lowest BCUT2D eigenvalue weighted by Gasteiger charge is -2.26. The highest BCUT2D eigenvalue weighted by Crippen LogP contribution is 2.27. The van der Waals surface area contributed by atoms with Crippen molar-refractivity contribution in [3.05, 3.63) is 0 Å². The molecule has 4 nitrogen and oxygen atoms in total. The van der Waals surface area contributed by atoms with Crippen molar-refractivity contribution in [2.24, 2.45) is 11.8 Å². The van der Waals surface area contributed by atoms with Gasteiger partial charge in [-0.1, -0.05) is 39.0 Å². The van der Waals surface area contributed by atoms with Crippen molar-refractivity contribution in [1.29, 1.82) is 0 Å². The van der Waals surface area contributed by atoms with Crippen molar-refractivity contribution in [1.82, 2.24) is 4.90 Å². The molecule has 0 spiro atoms. The van der Waals surface area contributed by atoms with Crippen LogP contribution in [0.25, 0.3) is 0 Å². The predicted octanol–water partition coefficient (Wildman–Crippen LogP) is 3.00. The van der Waals surface area contributed by atoms with Gasteiger partial charge < -0.3 is 9.64 Å². The fraction of sp³-hybridized carbons (Fsp3) is 0.875. The first kappa shape index (κ1) is 17.0. The van der Waals surface area contributed by atoms with Crippen LogP contribution in [-0.2, 0) is 14.3 Å². The molecular weight excluding hydrogens is 254 g/mol. The van der Waals surface area contributed by atoms with E-state index in [1.807, 2.05) is 13.8 Å². The SMILES string of the molecule is CCN(CC(C)C(=O)OC)C(=O)CCC1CCCCC1. The highest BCUT2D eigenvalue weighted by Gasteiger charge is 2.21. The second-order valence-electron chi connectivity index (χ2n) is 5.90. The Morgan fingerprint density at radius 3 is 2.45 bits per heavy atom. The highest BCUT2D eigenvalue weighted by molar-refractivity contribution is 5.77. The first-order chi connectivity index (χ1) is 9.58. The normalized spacial score (nSPS) is 17.6. The molecule has 1 rings (SSSR count). The van der Waals surface area contributed by atoms with E-state index in [1.54, 1.807) is 4.90 Å². The Bertz CT molecular complexity index is 311. The third-order valence-electron chi connectivity index (χ3n) is 4.32. The molecule has 20 heavy (non-hydrogen) atoms. The van der Waals surface area contributed by atoms with Crippen LogP contribution in [0, 0.1) is 11.8 Å². The Morgan fingerprint density at radius 1 is 1.25 bits per heavy atom. The minimum atomic E-state index is -0.251. The van der Waals surface area contributed by atoms with Crippen molar-refractivity contribution >= 4 is 11.9 Å². The van der Waals surface area contributed by atoms with E-state index < -0.39 is 0 Å². The topological polar surface area (TPSA) is 46.6 Å². The molecule has 0 heterocycles. The molecule has 0 aromatic heterocycles. The van der Waals surface area contributed by atoms with Crippen molar-refractivity contribution in [3.8, 4) is 0 Å². The number of methoxy groups -OCH3 is 1. The minimum absolute atomic E-state index is 0.175. The van der Waals surface area contributed by atoms with Gasteiger partial charge in [0.15, 0.2) is 0 Å². The molecule has 1 aliphatic carbocycles. The molecule has 0 bridgehead atoms. The first-order valence-electron chi connectivity index (χ1n) is 7.94. The zero-order valence-corrected chi connectivity index (χ0v) is 13.2. The molecule has 1 saturated carbocycles. The maximum Gasteiger partial charge on any atom is 0.310 e. The molecule has 0 aromatic carbocycles. The number of amides is 1. The van der Waals surface area contributed by atoms with Crippen molar-refractivity contribution in [2.75, 3.05) is 20.2 Å². The quantitative estimate of drug-likeness (QED) is 0.675.